The Morgan fingerprint density at radius 3 is 3.10 bits per heavy atom. The molecule has 1 atom stereocenters. The van der Waals surface area contributed by atoms with Gasteiger partial charge in [-0.25, -0.2) is 4.40 Å². The number of rotatable bonds is 1. The van der Waals surface area contributed by atoms with Crippen molar-refractivity contribution >= 4 is 24.1 Å². The van der Waals surface area contributed by atoms with Crippen LogP contribution in [0.3, 0.4) is 0 Å². The molecule has 4 heteroatoms. The van der Waals surface area contributed by atoms with Crippen molar-refractivity contribution in [2.24, 2.45) is 4.40 Å². The third-order valence-corrected chi connectivity index (χ3v) is 1.52. The summed E-state index contributed by atoms with van der Waals surface area (Å²) in [5.41, 5.74) is 0. The van der Waals surface area contributed by atoms with Gasteiger partial charge in [0.25, 0.3) is 0 Å². The van der Waals surface area contributed by atoms with E-state index in [2.05, 4.69) is 9.71 Å². The smallest absolute Gasteiger partial charge is 0.217 e. The third kappa shape index (κ3) is 2.23. The van der Waals surface area contributed by atoms with Crippen molar-refractivity contribution in [3.05, 3.63) is 11.5 Å². The molecule has 0 fully saturated rings. The van der Waals surface area contributed by atoms with Gasteiger partial charge in [0.05, 0.1) is 6.04 Å². The molecule has 0 aromatic rings. The van der Waals surface area contributed by atoms with E-state index in [-0.39, 0.29) is 11.9 Å². The second-order valence-corrected chi connectivity index (χ2v) is 2.61. The number of hydrogen-bond acceptors (Lipinski definition) is 3. The van der Waals surface area contributed by atoms with Crippen LogP contribution in [-0.4, -0.2) is 18.2 Å². The van der Waals surface area contributed by atoms with Crippen LogP contribution < -0.4 is 5.32 Å². The Kier molecular flexibility index (Phi) is 2.50. The number of amides is 1. The van der Waals surface area contributed by atoms with Crippen LogP contribution in [0.15, 0.2) is 15.9 Å². The molecule has 0 saturated carbocycles. The molecule has 0 aromatic heterocycles. The van der Waals surface area contributed by atoms with Crippen LogP contribution in [0.1, 0.15) is 6.92 Å². The number of carbonyl (C=O) groups excluding carboxylic acids is 1. The van der Waals surface area contributed by atoms with Gasteiger partial charge >= 0.3 is 0 Å². The highest BCUT2D eigenvalue weighted by molar-refractivity contribution is 8.01. The van der Waals surface area contributed by atoms with Gasteiger partial charge in [0, 0.05) is 25.1 Å². The first-order valence-corrected chi connectivity index (χ1v) is 3.76. The van der Waals surface area contributed by atoms with Crippen LogP contribution in [0.2, 0.25) is 0 Å². The highest BCUT2D eigenvalue weighted by Gasteiger charge is 2.03. The molecule has 0 aromatic carbocycles. The van der Waals surface area contributed by atoms with E-state index >= 15 is 0 Å². The molecular weight excluding hydrogens is 148 g/mol. The van der Waals surface area contributed by atoms with Gasteiger partial charge < -0.3 is 5.32 Å². The van der Waals surface area contributed by atoms with Crippen molar-refractivity contribution in [2.45, 2.75) is 13.0 Å². The summed E-state index contributed by atoms with van der Waals surface area (Å²) in [6.07, 6.45) is 3.59. The first-order chi connectivity index (χ1) is 4.79. The lowest BCUT2D eigenvalue weighted by Gasteiger charge is -2.09. The average molecular weight is 156 g/mol. The molecule has 1 aliphatic rings. The van der Waals surface area contributed by atoms with Crippen molar-refractivity contribution in [3.63, 3.8) is 0 Å². The highest BCUT2D eigenvalue weighted by Crippen LogP contribution is 2.08. The van der Waals surface area contributed by atoms with E-state index in [4.69, 9.17) is 0 Å². The SMILES string of the molecule is CC(=O)NC1C=CSN=C1. The molecular formula is C6H8N2OS. The minimum atomic E-state index is -0.0343. The lowest BCUT2D eigenvalue weighted by atomic mass is 10.3. The van der Waals surface area contributed by atoms with Gasteiger partial charge in [0.15, 0.2) is 0 Å². The number of nitrogens with zero attached hydrogens (tertiary/aromatic N) is 1. The standard InChI is InChI=1S/C6H8N2OS/c1-5(9)8-6-2-3-10-7-4-6/h2-4,6H,1H3,(H,8,9). The molecule has 1 rings (SSSR count). The van der Waals surface area contributed by atoms with Gasteiger partial charge in [-0.3, -0.25) is 4.79 Å². The Balaban J connectivity index is 2.40. The normalized spacial score (nSPS) is 22.7. The fourth-order valence-electron chi connectivity index (χ4n) is 0.625. The van der Waals surface area contributed by atoms with Crippen LogP contribution in [0, 0.1) is 0 Å². The van der Waals surface area contributed by atoms with E-state index in [0.717, 1.165) is 0 Å². The lowest BCUT2D eigenvalue weighted by molar-refractivity contribution is -0.119. The van der Waals surface area contributed by atoms with Crippen LogP contribution in [0.5, 0.6) is 0 Å². The number of carbonyl (C=O) groups is 1. The molecule has 1 amide bonds. The zero-order valence-electron chi connectivity index (χ0n) is 5.57. The Morgan fingerprint density at radius 1 is 1.80 bits per heavy atom. The summed E-state index contributed by atoms with van der Waals surface area (Å²) in [7, 11) is 0. The summed E-state index contributed by atoms with van der Waals surface area (Å²) in [6.45, 7) is 1.49. The highest BCUT2D eigenvalue weighted by atomic mass is 32.2. The molecule has 0 saturated heterocycles. The third-order valence-electron chi connectivity index (χ3n) is 0.999. The van der Waals surface area contributed by atoms with Crippen molar-refractivity contribution in [3.8, 4) is 0 Å². The minimum Gasteiger partial charge on any atom is -0.345 e. The Morgan fingerprint density at radius 2 is 2.60 bits per heavy atom. The minimum absolute atomic E-state index is 0.0150. The summed E-state index contributed by atoms with van der Waals surface area (Å²) in [6, 6.07) is -0.0150. The molecule has 0 bridgehead atoms. The van der Waals surface area contributed by atoms with E-state index < -0.39 is 0 Å². The average Bonchev–Trinajstić information content (AvgIpc) is 1.88. The van der Waals surface area contributed by atoms with E-state index in [1.807, 2.05) is 11.5 Å². The molecule has 0 spiro atoms. The summed E-state index contributed by atoms with van der Waals surface area (Å²) in [5.74, 6) is -0.0343. The van der Waals surface area contributed by atoms with Crippen LogP contribution >= 0.6 is 11.9 Å². The largest absolute Gasteiger partial charge is 0.345 e. The molecule has 10 heavy (non-hydrogen) atoms. The Hall–Kier alpha value is -0.770. The number of nitrogens with one attached hydrogen (secondary N) is 1. The summed E-state index contributed by atoms with van der Waals surface area (Å²) in [4.78, 5) is 10.5. The maximum Gasteiger partial charge on any atom is 0.217 e. The fraction of sp³-hybridized carbons (Fsp3) is 0.333. The fourth-order valence-corrected chi connectivity index (χ4v) is 1.14. The predicted molar refractivity (Wildman–Crippen MR) is 42.8 cm³/mol. The summed E-state index contributed by atoms with van der Waals surface area (Å²) < 4.78 is 3.90. The Bertz CT molecular complexity index is 176. The predicted octanol–water partition coefficient (Wildman–Crippen LogP) is 0.737. The van der Waals surface area contributed by atoms with E-state index in [1.165, 1.54) is 18.9 Å². The van der Waals surface area contributed by atoms with Crippen LogP contribution in [-0.2, 0) is 4.79 Å². The molecule has 1 aliphatic heterocycles. The van der Waals surface area contributed by atoms with Gasteiger partial charge in [-0.2, -0.15) is 0 Å². The van der Waals surface area contributed by atoms with Crippen LogP contribution in [0.4, 0.5) is 0 Å². The first kappa shape index (κ1) is 7.34. The first-order valence-electron chi connectivity index (χ1n) is 2.92. The topological polar surface area (TPSA) is 41.5 Å². The van der Waals surface area contributed by atoms with Crippen molar-refractivity contribution in [1.29, 1.82) is 0 Å². The monoisotopic (exact) mass is 156 g/mol. The van der Waals surface area contributed by atoms with E-state index in [9.17, 15) is 4.79 Å². The van der Waals surface area contributed by atoms with Crippen LogP contribution in [0.25, 0.3) is 0 Å². The van der Waals surface area contributed by atoms with Crippen molar-refractivity contribution < 1.29 is 4.79 Å². The van der Waals surface area contributed by atoms with Gasteiger partial charge in [-0.15, -0.1) is 0 Å². The molecule has 1 N–H and O–H groups in total. The van der Waals surface area contributed by atoms with Crippen molar-refractivity contribution in [1.82, 2.24) is 5.32 Å². The van der Waals surface area contributed by atoms with E-state index in [1.54, 1.807) is 6.21 Å². The zero-order valence-corrected chi connectivity index (χ0v) is 6.39. The van der Waals surface area contributed by atoms with Gasteiger partial charge in [0.1, 0.15) is 0 Å². The van der Waals surface area contributed by atoms with E-state index in [0.29, 0.717) is 0 Å². The maximum absolute atomic E-state index is 10.5. The Labute approximate surface area is 63.7 Å². The lowest BCUT2D eigenvalue weighted by Crippen LogP contribution is -2.32. The maximum atomic E-state index is 10.5. The van der Waals surface area contributed by atoms with Gasteiger partial charge in [-0.1, -0.05) is 0 Å². The molecule has 1 unspecified atom stereocenters. The number of hydrogen-bond donors (Lipinski definition) is 1. The second kappa shape index (κ2) is 3.41. The quantitative estimate of drug-likeness (QED) is 0.569. The van der Waals surface area contributed by atoms with Gasteiger partial charge in [0.2, 0.25) is 5.91 Å². The molecule has 3 nitrogen and oxygen atoms in total. The second-order valence-electron chi connectivity index (χ2n) is 1.91. The molecule has 1 heterocycles. The zero-order chi connectivity index (χ0) is 7.40. The van der Waals surface area contributed by atoms with Gasteiger partial charge in [-0.05, 0) is 11.5 Å². The molecule has 54 valence electrons. The summed E-state index contributed by atoms with van der Waals surface area (Å²) >= 11 is 1.36. The molecule has 0 aliphatic carbocycles. The van der Waals surface area contributed by atoms with Crippen molar-refractivity contribution in [2.75, 3.05) is 0 Å². The summed E-state index contributed by atoms with van der Waals surface area (Å²) in [5, 5.41) is 4.54. The molecule has 0 radical (unpaired) electrons.